The lowest BCUT2D eigenvalue weighted by molar-refractivity contribution is 0.0497. The van der Waals surface area contributed by atoms with Gasteiger partial charge < -0.3 is 10.1 Å². The van der Waals surface area contributed by atoms with Crippen molar-refractivity contribution in [3.8, 4) is 0 Å². The standard InChI is InChI=1S/C12H16ClNO3S/c1-7(14-11(16)17-12(2,3)4)9(15)8-5-6-18-10(8)13/h5-7H,1-4H3,(H,14,16)/t7-/m1/s1. The van der Waals surface area contributed by atoms with Gasteiger partial charge in [-0.05, 0) is 39.1 Å². The van der Waals surface area contributed by atoms with Gasteiger partial charge in [0, 0.05) is 5.56 Å². The van der Waals surface area contributed by atoms with Crippen molar-refractivity contribution >= 4 is 34.8 Å². The SMILES string of the molecule is C[C@@H](NC(=O)OC(C)(C)C)C(=O)c1ccsc1Cl. The lowest BCUT2D eigenvalue weighted by atomic mass is 10.1. The van der Waals surface area contributed by atoms with Crippen LogP contribution < -0.4 is 5.32 Å². The second-order valence-corrected chi connectivity index (χ2v) is 6.36. The zero-order valence-electron chi connectivity index (χ0n) is 10.7. The monoisotopic (exact) mass is 289 g/mol. The van der Waals surface area contributed by atoms with E-state index in [4.69, 9.17) is 16.3 Å². The molecule has 1 N–H and O–H groups in total. The predicted octanol–water partition coefficient (Wildman–Crippen LogP) is 3.50. The van der Waals surface area contributed by atoms with E-state index in [2.05, 4.69) is 5.32 Å². The summed E-state index contributed by atoms with van der Waals surface area (Å²) in [6.07, 6.45) is -0.616. The molecule has 0 spiro atoms. The minimum Gasteiger partial charge on any atom is -0.444 e. The highest BCUT2D eigenvalue weighted by Gasteiger charge is 2.23. The van der Waals surface area contributed by atoms with Gasteiger partial charge in [-0.25, -0.2) is 4.79 Å². The van der Waals surface area contributed by atoms with Crippen LogP contribution in [0.4, 0.5) is 4.79 Å². The van der Waals surface area contributed by atoms with Crippen molar-refractivity contribution in [2.45, 2.75) is 39.3 Å². The number of amides is 1. The third kappa shape index (κ3) is 4.31. The number of thiophene rings is 1. The third-order valence-corrected chi connectivity index (χ3v) is 3.18. The predicted molar refractivity (Wildman–Crippen MR) is 72.5 cm³/mol. The number of rotatable bonds is 3. The largest absolute Gasteiger partial charge is 0.444 e. The summed E-state index contributed by atoms with van der Waals surface area (Å²) in [5, 5.41) is 4.22. The van der Waals surface area contributed by atoms with E-state index in [-0.39, 0.29) is 5.78 Å². The third-order valence-electron chi connectivity index (χ3n) is 2.01. The van der Waals surface area contributed by atoms with Gasteiger partial charge in [-0.15, -0.1) is 11.3 Å². The summed E-state index contributed by atoms with van der Waals surface area (Å²) < 4.78 is 5.50. The highest BCUT2D eigenvalue weighted by molar-refractivity contribution is 7.14. The lowest BCUT2D eigenvalue weighted by Crippen LogP contribution is -2.41. The van der Waals surface area contributed by atoms with Crippen LogP contribution in [0.15, 0.2) is 11.4 Å². The number of Topliss-reactive ketones (excluding diaryl/α,β-unsaturated/α-hetero) is 1. The van der Waals surface area contributed by atoms with Gasteiger partial charge in [-0.2, -0.15) is 0 Å². The first-order valence-corrected chi connectivity index (χ1v) is 6.73. The molecular weight excluding hydrogens is 274 g/mol. The van der Waals surface area contributed by atoms with Crippen molar-refractivity contribution < 1.29 is 14.3 Å². The summed E-state index contributed by atoms with van der Waals surface area (Å²) in [5.74, 6) is -0.230. The minimum atomic E-state index is -0.674. The molecule has 100 valence electrons. The van der Waals surface area contributed by atoms with Crippen molar-refractivity contribution in [2.75, 3.05) is 0 Å². The maximum atomic E-state index is 12.0. The number of ether oxygens (including phenoxy) is 1. The number of ketones is 1. The Kier molecular flexibility index (Phi) is 4.76. The first-order valence-electron chi connectivity index (χ1n) is 5.47. The highest BCUT2D eigenvalue weighted by atomic mass is 35.5. The molecule has 0 bridgehead atoms. The number of hydrogen-bond acceptors (Lipinski definition) is 4. The van der Waals surface area contributed by atoms with E-state index in [0.29, 0.717) is 9.90 Å². The van der Waals surface area contributed by atoms with Crippen molar-refractivity contribution in [2.24, 2.45) is 0 Å². The Bertz CT molecular complexity index is 450. The fraction of sp³-hybridized carbons (Fsp3) is 0.500. The van der Waals surface area contributed by atoms with Crippen LogP contribution in [0.3, 0.4) is 0 Å². The molecule has 0 unspecified atom stereocenters. The van der Waals surface area contributed by atoms with Crippen molar-refractivity contribution in [3.63, 3.8) is 0 Å². The first-order chi connectivity index (χ1) is 8.20. The second kappa shape index (κ2) is 5.71. The molecule has 0 aliphatic carbocycles. The molecule has 1 aromatic rings. The number of halogens is 1. The molecule has 0 radical (unpaired) electrons. The Morgan fingerprint density at radius 3 is 2.50 bits per heavy atom. The lowest BCUT2D eigenvalue weighted by Gasteiger charge is -2.21. The topological polar surface area (TPSA) is 55.4 Å². The first kappa shape index (κ1) is 15.0. The van der Waals surface area contributed by atoms with Gasteiger partial charge in [0.05, 0.1) is 6.04 Å². The Labute approximate surface area is 115 Å². The van der Waals surface area contributed by atoms with Crippen LogP contribution in [0, 0.1) is 0 Å². The molecule has 1 heterocycles. The van der Waals surface area contributed by atoms with Crippen molar-refractivity contribution in [1.29, 1.82) is 0 Å². The minimum absolute atomic E-state index is 0.230. The van der Waals surface area contributed by atoms with Crippen molar-refractivity contribution in [1.82, 2.24) is 5.32 Å². The van der Waals surface area contributed by atoms with Crippen LogP contribution in [-0.4, -0.2) is 23.5 Å². The number of alkyl carbamates (subject to hydrolysis) is 1. The van der Waals surface area contributed by atoms with Gasteiger partial charge in [-0.1, -0.05) is 11.6 Å². The molecule has 0 fully saturated rings. The van der Waals surface area contributed by atoms with Crippen LogP contribution in [0.25, 0.3) is 0 Å². The summed E-state index contributed by atoms with van der Waals surface area (Å²) in [7, 11) is 0. The fourth-order valence-corrected chi connectivity index (χ4v) is 2.18. The van der Waals surface area contributed by atoms with E-state index in [9.17, 15) is 9.59 Å². The summed E-state index contributed by atoms with van der Waals surface area (Å²) in [5.41, 5.74) is -0.169. The molecule has 0 saturated heterocycles. The zero-order valence-corrected chi connectivity index (χ0v) is 12.3. The van der Waals surface area contributed by atoms with Crippen LogP contribution >= 0.6 is 22.9 Å². The fourth-order valence-electron chi connectivity index (χ4n) is 1.25. The molecule has 4 nitrogen and oxygen atoms in total. The summed E-state index contributed by atoms with van der Waals surface area (Å²) in [4.78, 5) is 23.5. The number of nitrogens with one attached hydrogen (secondary N) is 1. The Hall–Kier alpha value is -1.07. The van der Waals surface area contributed by atoms with E-state index >= 15 is 0 Å². The van der Waals surface area contributed by atoms with E-state index in [1.165, 1.54) is 11.3 Å². The Morgan fingerprint density at radius 2 is 2.06 bits per heavy atom. The molecule has 0 aliphatic rings. The van der Waals surface area contributed by atoms with E-state index in [1.807, 2.05) is 0 Å². The normalized spacial score (nSPS) is 12.9. The molecule has 0 aromatic carbocycles. The molecule has 1 rings (SSSR count). The van der Waals surface area contributed by atoms with Crippen molar-refractivity contribution in [3.05, 3.63) is 21.3 Å². The summed E-state index contributed by atoms with van der Waals surface area (Å²) in [6.45, 7) is 6.87. The molecule has 6 heteroatoms. The Balaban J connectivity index is 2.61. The van der Waals surface area contributed by atoms with Gasteiger partial charge in [0.25, 0.3) is 0 Å². The van der Waals surface area contributed by atoms with E-state index in [1.54, 1.807) is 39.1 Å². The average molecular weight is 290 g/mol. The molecule has 0 saturated carbocycles. The van der Waals surface area contributed by atoms with Gasteiger partial charge in [-0.3, -0.25) is 4.79 Å². The average Bonchev–Trinajstić information content (AvgIpc) is 2.60. The van der Waals surface area contributed by atoms with Crippen LogP contribution in [0.2, 0.25) is 4.34 Å². The summed E-state index contributed by atoms with van der Waals surface area (Å²) in [6, 6.07) is 0.967. The van der Waals surface area contributed by atoms with E-state index in [0.717, 1.165) is 0 Å². The molecule has 1 aromatic heterocycles. The molecule has 18 heavy (non-hydrogen) atoms. The summed E-state index contributed by atoms with van der Waals surface area (Å²) >= 11 is 7.16. The number of hydrogen-bond donors (Lipinski definition) is 1. The van der Waals surface area contributed by atoms with Gasteiger partial charge >= 0.3 is 6.09 Å². The quantitative estimate of drug-likeness (QED) is 0.867. The zero-order chi connectivity index (χ0) is 13.9. The smallest absolute Gasteiger partial charge is 0.408 e. The van der Waals surface area contributed by atoms with Gasteiger partial charge in [0.1, 0.15) is 9.94 Å². The maximum absolute atomic E-state index is 12.0. The molecule has 0 aliphatic heterocycles. The maximum Gasteiger partial charge on any atom is 0.408 e. The molecule has 1 atom stereocenters. The van der Waals surface area contributed by atoms with Crippen LogP contribution in [0.5, 0.6) is 0 Å². The molecule has 1 amide bonds. The van der Waals surface area contributed by atoms with E-state index < -0.39 is 17.7 Å². The molecular formula is C12H16ClNO3S. The number of carbonyl (C=O) groups is 2. The Morgan fingerprint density at radius 1 is 1.44 bits per heavy atom. The highest BCUT2D eigenvalue weighted by Crippen LogP contribution is 2.23. The van der Waals surface area contributed by atoms with Gasteiger partial charge in [0.2, 0.25) is 0 Å². The van der Waals surface area contributed by atoms with Crippen LogP contribution in [-0.2, 0) is 4.74 Å². The van der Waals surface area contributed by atoms with Crippen LogP contribution in [0.1, 0.15) is 38.1 Å². The number of carbonyl (C=O) groups excluding carboxylic acids is 2. The second-order valence-electron chi connectivity index (χ2n) is 4.84. The van der Waals surface area contributed by atoms with Gasteiger partial charge in [0.15, 0.2) is 5.78 Å².